The Bertz CT molecular complexity index is 323. The number of ether oxygens (including phenoxy) is 1. The molecule has 0 radical (unpaired) electrons. The number of hydrogen-bond acceptors (Lipinski definition) is 3. The normalized spacial score (nSPS) is 13.8. The average Bonchev–Trinajstić information content (AvgIpc) is 2.61. The van der Waals surface area contributed by atoms with Gasteiger partial charge in [0, 0.05) is 13.1 Å². The van der Waals surface area contributed by atoms with Crippen molar-refractivity contribution in [2.75, 3.05) is 0 Å². The van der Waals surface area contributed by atoms with Crippen molar-refractivity contribution in [3.8, 4) is 0 Å². The standard InChI is InChI=1S/C10H11NO2/c12-7-13-6-8-1-2-9-4-11-5-10(9)3-8/h1-3,7,11H,4-6H2. The van der Waals surface area contributed by atoms with E-state index in [1.807, 2.05) is 6.07 Å². The van der Waals surface area contributed by atoms with Gasteiger partial charge in [-0.3, -0.25) is 4.79 Å². The molecule has 1 N–H and O–H groups in total. The summed E-state index contributed by atoms with van der Waals surface area (Å²) in [5.74, 6) is 0. The Labute approximate surface area is 76.7 Å². The molecule has 0 aliphatic carbocycles. The summed E-state index contributed by atoms with van der Waals surface area (Å²) in [5.41, 5.74) is 3.71. The second-order valence-corrected chi connectivity index (χ2v) is 3.11. The van der Waals surface area contributed by atoms with E-state index >= 15 is 0 Å². The maximum atomic E-state index is 9.98. The van der Waals surface area contributed by atoms with Gasteiger partial charge in [-0.1, -0.05) is 18.2 Å². The van der Waals surface area contributed by atoms with Crippen LogP contribution < -0.4 is 5.32 Å². The Hall–Kier alpha value is -1.35. The summed E-state index contributed by atoms with van der Waals surface area (Å²) in [4.78, 5) is 9.98. The summed E-state index contributed by atoms with van der Waals surface area (Å²) in [6.07, 6.45) is 0. The van der Waals surface area contributed by atoms with Crippen LogP contribution in [0.3, 0.4) is 0 Å². The van der Waals surface area contributed by atoms with Gasteiger partial charge in [0.25, 0.3) is 6.47 Å². The predicted octanol–water partition coefficient (Wildman–Crippen LogP) is 0.963. The molecular formula is C10H11NO2. The van der Waals surface area contributed by atoms with Gasteiger partial charge in [0.2, 0.25) is 0 Å². The van der Waals surface area contributed by atoms with Gasteiger partial charge in [0.15, 0.2) is 0 Å². The lowest BCUT2D eigenvalue weighted by atomic mass is 10.1. The molecule has 1 heterocycles. The van der Waals surface area contributed by atoms with Gasteiger partial charge in [0.1, 0.15) is 6.61 Å². The molecule has 0 fully saturated rings. The summed E-state index contributed by atoms with van der Waals surface area (Å²) in [7, 11) is 0. The molecule has 0 spiro atoms. The molecule has 1 aromatic rings. The molecule has 1 aliphatic heterocycles. The number of carbonyl (C=O) groups excluding carboxylic acids is 1. The van der Waals surface area contributed by atoms with Crippen LogP contribution in [-0.2, 0) is 29.2 Å². The highest BCUT2D eigenvalue weighted by Gasteiger charge is 2.09. The van der Waals surface area contributed by atoms with E-state index in [4.69, 9.17) is 0 Å². The molecule has 68 valence electrons. The number of benzene rings is 1. The fraction of sp³-hybridized carbons (Fsp3) is 0.300. The average molecular weight is 177 g/mol. The molecule has 0 bridgehead atoms. The molecule has 2 rings (SSSR count). The van der Waals surface area contributed by atoms with E-state index in [-0.39, 0.29) is 0 Å². The SMILES string of the molecule is O=COCc1ccc2c(c1)CNC2. The zero-order chi connectivity index (χ0) is 9.10. The van der Waals surface area contributed by atoms with E-state index in [0.717, 1.165) is 18.7 Å². The quantitative estimate of drug-likeness (QED) is 0.699. The molecule has 0 atom stereocenters. The largest absolute Gasteiger partial charge is 0.463 e. The van der Waals surface area contributed by atoms with Crippen LogP contribution in [0.4, 0.5) is 0 Å². The fourth-order valence-electron chi connectivity index (χ4n) is 1.57. The Morgan fingerprint density at radius 3 is 3.08 bits per heavy atom. The van der Waals surface area contributed by atoms with Crippen molar-refractivity contribution in [1.29, 1.82) is 0 Å². The second kappa shape index (κ2) is 3.58. The van der Waals surface area contributed by atoms with Crippen LogP contribution >= 0.6 is 0 Å². The first-order valence-corrected chi connectivity index (χ1v) is 4.27. The number of nitrogens with one attached hydrogen (secondary N) is 1. The molecule has 0 aromatic heterocycles. The highest BCUT2D eigenvalue weighted by molar-refractivity contribution is 5.38. The Balaban J connectivity index is 2.16. The van der Waals surface area contributed by atoms with E-state index in [1.54, 1.807) is 0 Å². The fourth-order valence-corrected chi connectivity index (χ4v) is 1.57. The Morgan fingerprint density at radius 2 is 2.23 bits per heavy atom. The van der Waals surface area contributed by atoms with Crippen molar-refractivity contribution in [1.82, 2.24) is 5.32 Å². The van der Waals surface area contributed by atoms with Gasteiger partial charge in [-0.2, -0.15) is 0 Å². The lowest BCUT2D eigenvalue weighted by molar-refractivity contribution is -0.129. The zero-order valence-electron chi connectivity index (χ0n) is 7.25. The van der Waals surface area contributed by atoms with E-state index in [9.17, 15) is 4.79 Å². The van der Waals surface area contributed by atoms with E-state index in [2.05, 4.69) is 22.2 Å². The van der Waals surface area contributed by atoms with Crippen molar-refractivity contribution in [2.24, 2.45) is 0 Å². The topological polar surface area (TPSA) is 38.3 Å². The highest BCUT2D eigenvalue weighted by Crippen LogP contribution is 2.17. The van der Waals surface area contributed by atoms with E-state index < -0.39 is 0 Å². The zero-order valence-corrected chi connectivity index (χ0v) is 7.25. The maximum absolute atomic E-state index is 9.98. The smallest absolute Gasteiger partial charge is 0.293 e. The highest BCUT2D eigenvalue weighted by atomic mass is 16.5. The third kappa shape index (κ3) is 1.70. The third-order valence-corrected chi connectivity index (χ3v) is 2.22. The van der Waals surface area contributed by atoms with Gasteiger partial charge in [-0.05, 0) is 16.7 Å². The molecule has 0 amide bonds. The van der Waals surface area contributed by atoms with Crippen LogP contribution in [0.25, 0.3) is 0 Å². The van der Waals surface area contributed by atoms with Crippen molar-refractivity contribution in [2.45, 2.75) is 19.7 Å². The molecule has 0 saturated carbocycles. The summed E-state index contributed by atoms with van der Waals surface area (Å²) in [6, 6.07) is 6.16. The maximum Gasteiger partial charge on any atom is 0.293 e. The third-order valence-electron chi connectivity index (χ3n) is 2.22. The van der Waals surface area contributed by atoms with Gasteiger partial charge >= 0.3 is 0 Å². The first-order chi connectivity index (χ1) is 6.40. The Morgan fingerprint density at radius 1 is 1.38 bits per heavy atom. The molecule has 0 saturated heterocycles. The molecule has 3 nitrogen and oxygen atoms in total. The lowest BCUT2D eigenvalue weighted by Crippen LogP contribution is -1.99. The molecule has 1 aliphatic rings. The minimum Gasteiger partial charge on any atom is -0.463 e. The first-order valence-electron chi connectivity index (χ1n) is 4.27. The van der Waals surface area contributed by atoms with Gasteiger partial charge in [-0.25, -0.2) is 0 Å². The molecular weight excluding hydrogens is 166 g/mol. The number of rotatable bonds is 3. The van der Waals surface area contributed by atoms with Gasteiger partial charge in [-0.15, -0.1) is 0 Å². The van der Waals surface area contributed by atoms with Crippen LogP contribution in [-0.4, -0.2) is 6.47 Å². The number of fused-ring (bicyclic) bond motifs is 1. The van der Waals surface area contributed by atoms with E-state index in [0.29, 0.717) is 13.1 Å². The van der Waals surface area contributed by atoms with Crippen molar-refractivity contribution in [3.63, 3.8) is 0 Å². The molecule has 0 unspecified atom stereocenters. The van der Waals surface area contributed by atoms with Crippen molar-refractivity contribution in [3.05, 3.63) is 34.9 Å². The summed E-state index contributed by atoms with van der Waals surface area (Å²) >= 11 is 0. The number of carbonyl (C=O) groups is 1. The summed E-state index contributed by atoms with van der Waals surface area (Å²) in [6.45, 7) is 2.72. The minimum atomic E-state index is 0.372. The predicted molar refractivity (Wildman–Crippen MR) is 47.8 cm³/mol. The molecule has 3 heteroatoms. The van der Waals surface area contributed by atoms with Crippen molar-refractivity contribution < 1.29 is 9.53 Å². The van der Waals surface area contributed by atoms with E-state index in [1.165, 1.54) is 11.1 Å². The van der Waals surface area contributed by atoms with Crippen LogP contribution in [0.5, 0.6) is 0 Å². The minimum absolute atomic E-state index is 0.372. The lowest BCUT2D eigenvalue weighted by Gasteiger charge is -2.02. The van der Waals surface area contributed by atoms with Crippen LogP contribution in [0.1, 0.15) is 16.7 Å². The monoisotopic (exact) mass is 177 g/mol. The second-order valence-electron chi connectivity index (χ2n) is 3.11. The van der Waals surface area contributed by atoms with Gasteiger partial charge < -0.3 is 10.1 Å². The summed E-state index contributed by atoms with van der Waals surface area (Å²) < 4.78 is 4.68. The molecule has 1 aromatic carbocycles. The first kappa shape index (κ1) is 8.26. The van der Waals surface area contributed by atoms with Crippen LogP contribution in [0, 0.1) is 0 Å². The number of hydrogen-bond donors (Lipinski definition) is 1. The van der Waals surface area contributed by atoms with Crippen LogP contribution in [0.2, 0.25) is 0 Å². The van der Waals surface area contributed by atoms with Gasteiger partial charge in [0.05, 0.1) is 0 Å². The molecule has 13 heavy (non-hydrogen) atoms. The summed E-state index contributed by atoms with van der Waals surface area (Å²) in [5, 5.41) is 3.26. The van der Waals surface area contributed by atoms with Crippen molar-refractivity contribution >= 4 is 6.47 Å². The Kier molecular flexibility index (Phi) is 2.27. The van der Waals surface area contributed by atoms with Crippen LogP contribution in [0.15, 0.2) is 18.2 Å².